The van der Waals surface area contributed by atoms with E-state index in [0.29, 0.717) is 13.2 Å². The summed E-state index contributed by atoms with van der Waals surface area (Å²) in [5.74, 6) is 0. The van der Waals surface area contributed by atoms with Gasteiger partial charge in [-0.25, -0.2) is 0 Å². The first kappa shape index (κ1) is 15.0. The summed E-state index contributed by atoms with van der Waals surface area (Å²) in [6, 6.07) is 10.9. The van der Waals surface area contributed by atoms with E-state index in [4.69, 9.17) is 4.74 Å². The average molecular weight is 321 g/mol. The summed E-state index contributed by atoms with van der Waals surface area (Å²) < 4.78 is 5.41. The van der Waals surface area contributed by atoms with Crippen molar-refractivity contribution in [2.45, 2.75) is 20.0 Å². The van der Waals surface area contributed by atoms with Crippen LogP contribution in [0.15, 0.2) is 36.4 Å². The molecule has 0 fully saturated rings. The van der Waals surface area contributed by atoms with E-state index in [1.165, 1.54) is 21.9 Å². The van der Waals surface area contributed by atoms with Crippen molar-refractivity contribution in [1.29, 1.82) is 0 Å². The van der Waals surface area contributed by atoms with Crippen LogP contribution in [-0.2, 0) is 27.7 Å². The summed E-state index contributed by atoms with van der Waals surface area (Å²) in [6.45, 7) is 3.48. The van der Waals surface area contributed by atoms with E-state index in [-0.39, 0.29) is 0 Å². The second-order valence-corrected chi connectivity index (χ2v) is 2.81. The van der Waals surface area contributed by atoms with Crippen LogP contribution < -0.4 is 0 Å². The topological polar surface area (TPSA) is 9.23 Å². The van der Waals surface area contributed by atoms with Gasteiger partial charge < -0.3 is 4.74 Å². The second kappa shape index (κ2) is 12.1. The fourth-order valence-electron chi connectivity index (χ4n) is 1.000. The molecule has 0 bridgehead atoms. The standard InChI is InChI=1S/C12H15O.BrH.Zn/c1-2-3-7-10-13-11-12-8-5-4-6-9-12;;/h3-5,7-9H,2,10-11H2,1H3;1H;/q-1;;+2/p-1/b7-3-;;. The van der Waals surface area contributed by atoms with Crippen LogP contribution >= 0.6 is 13.6 Å². The molecule has 1 nitrogen and oxygen atoms in total. The number of allylic oxidation sites excluding steroid dienone is 1. The van der Waals surface area contributed by atoms with Crippen molar-refractivity contribution in [1.82, 2.24) is 0 Å². The first-order valence-corrected chi connectivity index (χ1v) is 11.8. The maximum absolute atomic E-state index is 5.41. The van der Waals surface area contributed by atoms with Gasteiger partial charge in [0.05, 0.1) is 6.61 Å². The van der Waals surface area contributed by atoms with Gasteiger partial charge in [0.2, 0.25) is 0 Å². The van der Waals surface area contributed by atoms with Crippen LogP contribution in [0, 0.1) is 6.07 Å². The van der Waals surface area contributed by atoms with Gasteiger partial charge in [-0.3, -0.25) is 0 Å². The van der Waals surface area contributed by atoms with Crippen molar-refractivity contribution in [2.75, 3.05) is 6.61 Å². The molecule has 0 unspecified atom stereocenters. The minimum absolute atomic E-state index is 0.672. The zero-order valence-corrected chi connectivity index (χ0v) is 13.6. The van der Waals surface area contributed by atoms with Gasteiger partial charge in [-0.1, -0.05) is 19.1 Å². The summed E-state index contributed by atoms with van der Waals surface area (Å²) >= 11 is 4.25. The molecule has 0 saturated carbocycles. The molecule has 0 aromatic heterocycles. The van der Waals surface area contributed by atoms with Crippen LogP contribution in [0.4, 0.5) is 0 Å². The zero-order chi connectivity index (χ0) is 11.4. The van der Waals surface area contributed by atoms with Crippen LogP contribution in [0.3, 0.4) is 0 Å². The van der Waals surface area contributed by atoms with E-state index in [9.17, 15) is 0 Å². The SMILES string of the molecule is CC/C=C\COCc1c[c-]ccc1.[Zn+][Br]. The van der Waals surface area contributed by atoms with Gasteiger partial charge in [0.15, 0.2) is 0 Å². The molecule has 0 spiro atoms. The first-order chi connectivity index (χ1) is 7.43. The van der Waals surface area contributed by atoms with Gasteiger partial charge in [-0.2, -0.15) is 30.3 Å². The molecule has 0 atom stereocenters. The Hall–Kier alpha value is 0.0234. The first-order valence-electron chi connectivity index (χ1n) is 4.88. The van der Waals surface area contributed by atoms with E-state index in [2.05, 4.69) is 32.7 Å². The van der Waals surface area contributed by atoms with Gasteiger partial charge in [0.25, 0.3) is 0 Å². The Balaban J connectivity index is 0.000000921. The zero-order valence-electron chi connectivity index (χ0n) is 9.08. The van der Waals surface area contributed by atoms with Gasteiger partial charge in [0, 0.05) is 6.61 Å². The van der Waals surface area contributed by atoms with Crippen LogP contribution in [0.2, 0.25) is 0 Å². The van der Waals surface area contributed by atoms with Crippen LogP contribution in [0.5, 0.6) is 0 Å². The number of rotatable bonds is 5. The summed E-state index contributed by atoms with van der Waals surface area (Å²) in [5.41, 5.74) is 1.17. The number of hydrogen-bond acceptors (Lipinski definition) is 1. The summed E-state index contributed by atoms with van der Waals surface area (Å²) in [6.07, 6.45) is 5.23. The van der Waals surface area contributed by atoms with Gasteiger partial charge in [0.1, 0.15) is 0 Å². The molecule has 1 rings (SSSR count). The van der Waals surface area contributed by atoms with Gasteiger partial charge in [-0.15, -0.1) is 5.56 Å². The molecule has 1 aromatic rings. The number of benzene rings is 1. The molecular weight excluding hydrogens is 305 g/mol. The second-order valence-electron chi connectivity index (χ2n) is 2.81. The molecule has 78 valence electrons. The van der Waals surface area contributed by atoms with E-state index < -0.39 is 0 Å². The Morgan fingerprint density at radius 2 is 2.27 bits per heavy atom. The third kappa shape index (κ3) is 8.98. The Labute approximate surface area is 109 Å². The predicted octanol–water partition coefficient (Wildman–Crippen LogP) is 3.81. The Morgan fingerprint density at radius 3 is 2.87 bits per heavy atom. The van der Waals surface area contributed by atoms with Crippen LogP contribution in [0.1, 0.15) is 18.9 Å². The van der Waals surface area contributed by atoms with Crippen molar-refractivity contribution in [3.8, 4) is 0 Å². The molecular formula is C12H15BrOZn. The third-order valence-corrected chi connectivity index (χ3v) is 1.66. The monoisotopic (exact) mass is 318 g/mol. The molecule has 1 aromatic carbocycles. The van der Waals surface area contributed by atoms with Gasteiger partial charge in [-0.05, 0) is 6.42 Å². The summed E-state index contributed by atoms with van der Waals surface area (Å²) in [5, 5.41) is 0. The predicted molar refractivity (Wildman–Crippen MR) is 63.3 cm³/mol. The molecule has 15 heavy (non-hydrogen) atoms. The molecule has 0 amide bonds. The van der Waals surface area contributed by atoms with Crippen molar-refractivity contribution in [3.05, 3.63) is 48.0 Å². The summed E-state index contributed by atoms with van der Waals surface area (Å²) in [7, 11) is 0. The van der Waals surface area contributed by atoms with E-state index in [1.807, 2.05) is 30.3 Å². The Morgan fingerprint density at radius 1 is 1.47 bits per heavy atom. The fourth-order valence-corrected chi connectivity index (χ4v) is 1.000. The molecule has 0 radical (unpaired) electrons. The average Bonchev–Trinajstić information content (AvgIpc) is 2.33. The van der Waals surface area contributed by atoms with E-state index >= 15 is 0 Å². The van der Waals surface area contributed by atoms with Crippen LogP contribution in [0.25, 0.3) is 0 Å². The normalized spacial score (nSPS) is 9.87. The summed E-state index contributed by atoms with van der Waals surface area (Å²) in [4.78, 5) is 0. The van der Waals surface area contributed by atoms with E-state index in [1.54, 1.807) is 0 Å². The van der Waals surface area contributed by atoms with Gasteiger partial charge >= 0.3 is 30.0 Å². The van der Waals surface area contributed by atoms with Crippen molar-refractivity contribution < 1.29 is 21.1 Å². The molecule has 0 aliphatic heterocycles. The van der Waals surface area contributed by atoms with E-state index in [0.717, 1.165) is 6.42 Å². The quantitative estimate of drug-likeness (QED) is 0.347. The van der Waals surface area contributed by atoms with Crippen molar-refractivity contribution in [2.24, 2.45) is 0 Å². The maximum atomic E-state index is 5.41. The van der Waals surface area contributed by atoms with Crippen molar-refractivity contribution in [3.63, 3.8) is 0 Å². The van der Waals surface area contributed by atoms with Crippen molar-refractivity contribution >= 4 is 13.6 Å². The number of halogens is 1. The number of hydrogen-bond donors (Lipinski definition) is 0. The molecule has 3 heteroatoms. The Kier molecular flexibility index (Phi) is 12.1. The molecule has 0 saturated heterocycles. The van der Waals surface area contributed by atoms with Crippen LogP contribution in [-0.4, -0.2) is 6.61 Å². The fraction of sp³-hybridized carbons (Fsp3) is 0.333. The molecule has 0 N–H and O–H groups in total. The minimum atomic E-state index is 0.672. The third-order valence-electron chi connectivity index (χ3n) is 1.66. The molecule has 0 heterocycles. The molecule has 0 aliphatic rings. The Bertz CT molecular complexity index is 249. The number of ether oxygens (including phenoxy) is 1. The molecule has 0 aliphatic carbocycles.